The average Bonchev–Trinajstić information content (AvgIpc) is 2.17. The molecular weight excluding hydrogens is 230 g/mol. The van der Waals surface area contributed by atoms with Gasteiger partial charge in [0, 0.05) is 6.42 Å². The van der Waals surface area contributed by atoms with Gasteiger partial charge >= 0.3 is 5.97 Å². The number of ether oxygens (including phenoxy) is 1. The van der Waals surface area contributed by atoms with Crippen molar-refractivity contribution in [2.24, 2.45) is 0 Å². The Morgan fingerprint density at radius 2 is 2.06 bits per heavy atom. The van der Waals surface area contributed by atoms with Crippen LogP contribution >= 0.6 is 0 Å². The topological polar surface area (TPSA) is 84.2 Å². The van der Waals surface area contributed by atoms with Crippen LogP contribution < -0.4 is 0 Å². The summed E-state index contributed by atoms with van der Waals surface area (Å²) >= 11 is 0. The Labute approximate surface area is 96.3 Å². The lowest BCUT2D eigenvalue weighted by Gasteiger charge is -2.04. The molecule has 0 atom stereocenters. The van der Waals surface area contributed by atoms with E-state index in [4.69, 9.17) is 10.00 Å². The number of sulfone groups is 1. The molecule has 92 valence electrons. The van der Waals surface area contributed by atoms with Gasteiger partial charge in [0.15, 0.2) is 9.84 Å². The summed E-state index contributed by atoms with van der Waals surface area (Å²) in [6, 6.07) is 1.85. The molecule has 5 nitrogen and oxygen atoms in total. The third-order valence-corrected chi connectivity index (χ3v) is 3.43. The summed E-state index contributed by atoms with van der Waals surface area (Å²) < 4.78 is 27.4. The first-order valence-electron chi connectivity index (χ1n) is 5.25. The zero-order valence-corrected chi connectivity index (χ0v) is 10.3. The predicted octanol–water partition coefficient (Wildman–Crippen LogP) is 1.05. The van der Waals surface area contributed by atoms with Gasteiger partial charge in [-0.2, -0.15) is 5.26 Å². The van der Waals surface area contributed by atoms with Crippen molar-refractivity contribution in [3.8, 4) is 6.07 Å². The molecule has 0 aliphatic carbocycles. The molecule has 0 amide bonds. The van der Waals surface area contributed by atoms with E-state index in [0.29, 0.717) is 0 Å². The third-order valence-electron chi connectivity index (χ3n) is 1.84. The molecule has 0 bridgehead atoms. The molecule has 0 heterocycles. The zero-order valence-electron chi connectivity index (χ0n) is 9.44. The maximum atomic E-state index is 11.3. The van der Waals surface area contributed by atoms with Crippen LogP contribution in [0, 0.1) is 11.3 Å². The summed E-state index contributed by atoms with van der Waals surface area (Å²) in [5, 5.41) is 8.25. The zero-order chi connectivity index (χ0) is 12.4. The van der Waals surface area contributed by atoms with Crippen molar-refractivity contribution in [2.45, 2.75) is 32.6 Å². The quantitative estimate of drug-likeness (QED) is 0.473. The Bertz CT molecular complexity index is 342. The Morgan fingerprint density at radius 1 is 1.38 bits per heavy atom. The fraction of sp³-hybridized carbons (Fsp3) is 0.800. The minimum atomic E-state index is -3.42. The number of hydrogen-bond acceptors (Lipinski definition) is 5. The first kappa shape index (κ1) is 14.9. The molecule has 0 aliphatic rings. The molecule has 0 aliphatic heterocycles. The van der Waals surface area contributed by atoms with Gasteiger partial charge in [0.05, 0.1) is 18.4 Å². The van der Waals surface area contributed by atoms with Crippen LogP contribution in [-0.2, 0) is 19.4 Å². The minimum absolute atomic E-state index is 0.135. The van der Waals surface area contributed by atoms with Crippen LogP contribution in [0.5, 0.6) is 0 Å². The molecule has 0 spiro atoms. The molecular formula is C10H17NO4S. The molecule has 0 radical (unpaired) electrons. The second-order valence-corrected chi connectivity index (χ2v) is 5.61. The van der Waals surface area contributed by atoms with Gasteiger partial charge in [-0.25, -0.2) is 8.42 Å². The van der Waals surface area contributed by atoms with E-state index in [9.17, 15) is 13.2 Å². The van der Waals surface area contributed by atoms with Crippen molar-refractivity contribution >= 4 is 15.8 Å². The van der Waals surface area contributed by atoms with Crippen LogP contribution in [0.2, 0.25) is 0 Å². The Morgan fingerprint density at radius 3 is 2.62 bits per heavy atom. The van der Waals surface area contributed by atoms with Crippen LogP contribution in [0.4, 0.5) is 0 Å². The Kier molecular flexibility index (Phi) is 7.56. The van der Waals surface area contributed by atoms with Gasteiger partial charge in [0.1, 0.15) is 5.75 Å². The smallest absolute Gasteiger partial charge is 0.321 e. The van der Waals surface area contributed by atoms with Crippen molar-refractivity contribution in [1.29, 1.82) is 5.26 Å². The highest BCUT2D eigenvalue weighted by atomic mass is 32.2. The number of hydrogen-bond donors (Lipinski definition) is 0. The summed E-state index contributed by atoms with van der Waals surface area (Å²) in [7, 11) is -3.42. The van der Waals surface area contributed by atoms with Crippen LogP contribution in [0.15, 0.2) is 0 Å². The third kappa shape index (κ3) is 8.24. The molecule has 0 N–H and O–H groups in total. The van der Waals surface area contributed by atoms with Crippen molar-refractivity contribution in [3.63, 3.8) is 0 Å². The molecule has 0 fully saturated rings. The van der Waals surface area contributed by atoms with Gasteiger partial charge in [-0.3, -0.25) is 4.79 Å². The predicted molar refractivity (Wildman–Crippen MR) is 59.4 cm³/mol. The van der Waals surface area contributed by atoms with Gasteiger partial charge < -0.3 is 4.74 Å². The van der Waals surface area contributed by atoms with Gasteiger partial charge in [-0.15, -0.1) is 0 Å². The highest BCUT2D eigenvalue weighted by Gasteiger charge is 2.17. The second-order valence-electron chi connectivity index (χ2n) is 3.43. The fourth-order valence-electron chi connectivity index (χ4n) is 0.995. The summed E-state index contributed by atoms with van der Waals surface area (Å²) in [6.07, 6.45) is 2.08. The SMILES string of the molecule is CCCCOC(=O)CS(=O)(=O)CCCC#N. The molecule has 0 aromatic carbocycles. The van der Waals surface area contributed by atoms with Crippen molar-refractivity contribution in [2.75, 3.05) is 18.1 Å². The highest BCUT2D eigenvalue weighted by Crippen LogP contribution is 1.99. The number of carbonyl (C=O) groups excluding carboxylic acids is 1. The van der Waals surface area contributed by atoms with Crippen LogP contribution in [-0.4, -0.2) is 32.5 Å². The lowest BCUT2D eigenvalue weighted by atomic mass is 10.4. The van der Waals surface area contributed by atoms with Gasteiger partial charge in [0.2, 0.25) is 0 Å². The van der Waals surface area contributed by atoms with E-state index in [0.717, 1.165) is 12.8 Å². The number of carbonyl (C=O) groups is 1. The van der Waals surface area contributed by atoms with E-state index >= 15 is 0 Å². The molecule has 16 heavy (non-hydrogen) atoms. The van der Waals surface area contributed by atoms with E-state index < -0.39 is 21.6 Å². The monoisotopic (exact) mass is 247 g/mol. The average molecular weight is 247 g/mol. The summed E-state index contributed by atoms with van der Waals surface area (Å²) in [6.45, 7) is 2.22. The van der Waals surface area contributed by atoms with E-state index in [1.165, 1.54) is 0 Å². The fourth-order valence-corrected chi connectivity index (χ4v) is 2.17. The molecule has 0 rings (SSSR count). The lowest BCUT2D eigenvalue weighted by Crippen LogP contribution is -2.21. The number of esters is 1. The van der Waals surface area contributed by atoms with Crippen LogP contribution in [0.3, 0.4) is 0 Å². The summed E-state index contributed by atoms with van der Waals surface area (Å²) in [5.41, 5.74) is 0. The standard InChI is InChI=1S/C10H17NO4S/c1-2-3-7-15-10(12)9-16(13,14)8-5-4-6-11/h2-5,7-9H2,1H3. The van der Waals surface area contributed by atoms with Crippen molar-refractivity contribution in [1.82, 2.24) is 0 Å². The van der Waals surface area contributed by atoms with Gasteiger partial charge in [0.25, 0.3) is 0 Å². The van der Waals surface area contributed by atoms with E-state index in [1.54, 1.807) is 0 Å². The number of unbranched alkanes of at least 4 members (excludes halogenated alkanes) is 2. The van der Waals surface area contributed by atoms with Crippen molar-refractivity contribution < 1.29 is 17.9 Å². The van der Waals surface area contributed by atoms with E-state index in [1.807, 2.05) is 13.0 Å². The normalized spacial score (nSPS) is 10.8. The summed E-state index contributed by atoms with van der Waals surface area (Å²) in [5.74, 6) is -1.42. The molecule has 6 heteroatoms. The van der Waals surface area contributed by atoms with Crippen LogP contribution in [0.1, 0.15) is 32.6 Å². The van der Waals surface area contributed by atoms with Crippen LogP contribution in [0.25, 0.3) is 0 Å². The van der Waals surface area contributed by atoms with Gasteiger partial charge in [-0.05, 0) is 12.8 Å². The summed E-state index contributed by atoms with van der Waals surface area (Å²) in [4.78, 5) is 11.1. The molecule has 0 aromatic rings. The van der Waals surface area contributed by atoms with E-state index in [-0.39, 0.29) is 25.2 Å². The number of nitriles is 1. The number of rotatable bonds is 8. The van der Waals surface area contributed by atoms with Crippen molar-refractivity contribution in [3.05, 3.63) is 0 Å². The number of nitrogens with zero attached hydrogens (tertiary/aromatic N) is 1. The van der Waals surface area contributed by atoms with Gasteiger partial charge in [-0.1, -0.05) is 13.3 Å². The second kappa shape index (κ2) is 8.11. The van der Waals surface area contributed by atoms with E-state index in [2.05, 4.69) is 0 Å². The Hall–Kier alpha value is -1.09. The maximum absolute atomic E-state index is 11.3. The molecule has 0 saturated carbocycles. The minimum Gasteiger partial charge on any atom is -0.465 e. The molecule has 0 saturated heterocycles. The first-order valence-corrected chi connectivity index (χ1v) is 7.07. The highest BCUT2D eigenvalue weighted by molar-refractivity contribution is 7.92. The largest absolute Gasteiger partial charge is 0.465 e. The molecule has 0 unspecified atom stereocenters. The maximum Gasteiger partial charge on any atom is 0.321 e. The first-order chi connectivity index (χ1) is 7.52. The molecule has 0 aromatic heterocycles. The Balaban J connectivity index is 3.88. The lowest BCUT2D eigenvalue weighted by molar-refractivity contribution is -0.140.